The second kappa shape index (κ2) is 3.12. The van der Waals surface area contributed by atoms with E-state index in [0.717, 1.165) is 18.8 Å². The average molecular weight is 156 g/mol. The maximum atomic E-state index is 13.3. The first-order chi connectivity index (χ1) is 5.38. The van der Waals surface area contributed by atoms with Gasteiger partial charge in [0.2, 0.25) is 0 Å². The van der Waals surface area contributed by atoms with Crippen molar-refractivity contribution in [2.24, 2.45) is 11.8 Å². The van der Waals surface area contributed by atoms with E-state index in [4.69, 9.17) is 0 Å². The predicted molar refractivity (Wildman–Crippen MR) is 44.2 cm³/mol. The van der Waals surface area contributed by atoms with Gasteiger partial charge in [0, 0.05) is 0 Å². The van der Waals surface area contributed by atoms with Crippen LogP contribution in [0.3, 0.4) is 0 Å². The average Bonchev–Trinajstić information content (AvgIpc) is 2.06. The highest BCUT2D eigenvalue weighted by molar-refractivity contribution is 4.84. The molecule has 0 aliphatic heterocycles. The maximum absolute atomic E-state index is 13.3. The van der Waals surface area contributed by atoms with E-state index in [2.05, 4.69) is 0 Å². The Labute approximate surface area is 68.2 Å². The number of rotatable bonds is 0. The fourth-order valence-corrected chi connectivity index (χ4v) is 2.86. The minimum Gasteiger partial charge on any atom is -0.247 e. The zero-order valence-corrected chi connectivity index (χ0v) is 7.06. The molecule has 0 radical (unpaired) electrons. The van der Waals surface area contributed by atoms with Crippen molar-refractivity contribution in [1.29, 1.82) is 0 Å². The van der Waals surface area contributed by atoms with Crippen molar-refractivity contribution in [1.82, 2.24) is 0 Å². The van der Waals surface area contributed by atoms with Gasteiger partial charge in [-0.2, -0.15) is 0 Å². The summed E-state index contributed by atoms with van der Waals surface area (Å²) in [5, 5.41) is 0. The SMILES string of the molecule is F[C@H]1CCC[C@H]2CCCCC21. The van der Waals surface area contributed by atoms with Gasteiger partial charge in [-0.3, -0.25) is 0 Å². The fourth-order valence-electron chi connectivity index (χ4n) is 2.86. The molecule has 11 heavy (non-hydrogen) atoms. The van der Waals surface area contributed by atoms with Crippen molar-refractivity contribution in [3.63, 3.8) is 0 Å². The highest BCUT2D eigenvalue weighted by atomic mass is 19.1. The normalized spacial score (nSPS) is 45.0. The fraction of sp³-hybridized carbons (Fsp3) is 1.00. The van der Waals surface area contributed by atoms with E-state index in [1.54, 1.807) is 0 Å². The molecule has 0 nitrogen and oxygen atoms in total. The van der Waals surface area contributed by atoms with Crippen molar-refractivity contribution in [3.05, 3.63) is 0 Å². The molecule has 0 aromatic rings. The largest absolute Gasteiger partial charge is 0.247 e. The van der Waals surface area contributed by atoms with Gasteiger partial charge >= 0.3 is 0 Å². The molecular weight excluding hydrogens is 139 g/mol. The first-order valence-corrected chi connectivity index (χ1v) is 5.02. The van der Waals surface area contributed by atoms with Crippen LogP contribution in [0.4, 0.5) is 4.39 Å². The summed E-state index contributed by atoms with van der Waals surface area (Å²) in [4.78, 5) is 0. The van der Waals surface area contributed by atoms with Crippen molar-refractivity contribution >= 4 is 0 Å². The molecule has 3 atom stereocenters. The van der Waals surface area contributed by atoms with E-state index >= 15 is 0 Å². The molecule has 0 N–H and O–H groups in total. The molecular formula is C10H17F. The Morgan fingerprint density at radius 1 is 0.818 bits per heavy atom. The third-order valence-electron chi connectivity index (χ3n) is 3.49. The van der Waals surface area contributed by atoms with E-state index in [0.29, 0.717) is 5.92 Å². The number of alkyl halides is 1. The standard InChI is InChI=1S/C10H17F/c11-10-7-3-5-8-4-1-2-6-9(8)10/h8-10H,1-7H2/t8-,9?,10+/m1/s1. The van der Waals surface area contributed by atoms with Crippen LogP contribution < -0.4 is 0 Å². The van der Waals surface area contributed by atoms with E-state index in [-0.39, 0.29) is 0 Å². The van der Waals surface area contributed by atoms with Gasteiger partial charge in [-0.15, -0.1) is 0 Å². The first-order valence-electron chi connectivity index (χ1n) is 5.02. The predicted octanol–water partition coefficient (Wildman–Crippen LogP) is 3.31. The Morgan fingerprint density at radius 3 is 2.36 bits per heavy atom. The topological polar surface area (TPSA) is 0 Å². The molecule has 1 heteroatoms. The van der Waals surface area contributed by atoms with Crippen LogP contribution in [-0.2, 0) is 0 Å². The first kappa shape index (κ1) is 7.57. The van der Waals surface area contributed by atoms with E-state index in [1.807, 2.05) is 0 Å². The highest BCUT2D eigenvalue weighted by Gasteiger charge is 2.34. The zero-order chi connectivity index (χ0) is 7.68. The number of hydrogen-bond donors (Lipinski definition) is 0. The maximum Gasteiger partial charge on any atom is 0.103 e. The Morgan fingerprint density at radius 2 is 1.55 bits per heavy atom. The summed E-state index contributed by atoms with van der Waals surface area (Å²) >= 11 is 0. The van der Waals surface area contributed by atoms with Gasteiger partial charge < -0.3 is 0 Å². The monoisotopic (exact) mass is 156 g/mol. The molecule has 0 spiro atoms. The molecule has 0 saturated heterocycles. The van der Waals surface area contributed by atoms with Gasteiger partial charge in [0.25, 0.3) is 0 Å². The smallest absolute Gasteiger partial charge is 0.103 e. The van der Waals surface area contributed by atoms with Crippen LogP contribution in [0.2, 0.25) is 0 Å². The van der Waals surface area contributed by atoms with E-state index in [9.17, 15) is 4.39 Å². The van der Waals surface area contributed by atoms with Crippen molar-refractivity contribution < 1.29 is 4.39 Å². The van der Waals surface area contributed by atoms with Crippen LogP contribution >= 0.6 is 0 Å². The van der Waals surface area contributed by atoms with Crippen molar-refractivity contribution in [2.45, 2.75) is 51.1 Å². The lowest BCUT2D eigenvalue weighted by atomic mass is 9.70. The number of hydrogen-bond acceptors (Lipinski definition) is 0. The molecule has 64 valence electrons. The van der Waals surface area contributed by atoms with E-state index < -0.39 is 6.17 Å². The molecule has 2 saturated carbocycles. The van der Waals surface area contributed by atoms with Crippen LogP contribution in [-0.4, -0.2) is 6.17 Å². The second-order valence-electron chi connectivity index (χ2n) is 4.16. The number of halogens is 1. The molecule has 0 aromatic carbocycles. The molecule has 0 amide bonds. The van der Waals surface area contributed by atoms with Crippen LogP contribution in [0.15, 0.2) is 0 Å². The molecule has 0 aromatic heterocycles. The van der Waals surface area contributed by atoms with Gasteiger partial charge in [-0.1, -0.05) is 25.7 Å². The summed E-state index contributed by atoms with van der Waals surface area (Å²) in [5.41, 5.74) is 0. The van der Waals surface area contributed by atoms with Gasteiger partial charge in [-0.25, -0.2) is 4.39 Å². The number of fused-ring (bicyclic) bond motifs is 1. The summed E-state index contributed by atoms with van der Waals surface area (Å²) in [6.45, 7) is 0. The van der Waals surface area contributed by atoms with Crippen LogP contribution in [0.5, 0.6) is 0 Å². The lowest BCUT2D eigenvalue weighted by Crippen LogP contribution is -2.31. The third-order valence-corrected chi connectivity index (χ3v) is 3.49. The molecule has 0 heterocycles. The van der Waals surface area contributed by atoms with Gasteiger partial charge in [-0.05, 0) is 31.1 Å². The molecule has 2 aliphatic carbocycles. The Balaban J connectivity index is 1.99. The molecule has 1 unspecified atom stereocenters. The minimum atomic E-state index is -0.450. The summed E-state index contributed by atoms with van der Waals surface area (Å²) in [5.74, 6) is 1.21. The molecule has 0 bridgehead atoms. The quantitative estimate of drug-likeness (QED) is 0.504. The highest BCUT2D eigenvalue weighted by Crippen LogP contribution is 2.41. The second-order valence-corrected chi connectivity index (χ2v) is 4.16. The van der Waals surface area contributed by atoms with Crippen LogP contribution in [0, 0.1) is 11.8 Å². The summed E-state index contributed by atoms with van der Waals surface area (Å²) in [6, 6.07) is 0. The summed E-state index contributed by atoms with van der Waals surface area (Å²) in [7, 11) is 0. The van der Waals surface area contributed by atoms with Gasteiger partial charge in [0.05, 0.1) is 0 Å². The van der Waals surface area contributed by atoms with Crippen LogP contribution in [0.1, 0.15) is 44.9 Å². The Bertz CT molecular complexity index is 131. The molecule has 2 fully saturated rings. The summed E-state index contributed by atoms with van der Waals surface area (Å²) < 4.78 is 13.3. The summed E-state index contributed by atoms with van der Waals surface area (Å²) in [6.07, 6.45) is 7.97. The van der Waals surface area contributed by atoms with Crippen LogP contribution in [0.25, 0.3) is 0 Å². The van der Waals surface area contributed by atoms with Crippen molar-refractivity contribution in [2.75, 3.05) is 0 Å². The minimum absolute atomic E-state index is 0.450. The lowest BCUT2D eigenvalue weighted by molar-refractivity contribution is 0.0717. The van der Waals surface area contributed by atoms with Gasteiger partial charge in [0.1, 0.15) is 6.17 Å². The molecule has 2 rings (SSSR count). The van der Waals surface area contributed by atoms with Crippen molar-refractivity contribution in [3.8, 4) is 0 Å². The Hall–Kier alpha value is -0.0700. The van der Waals surface area contributed by atoms with Gasteiger partial charge in [0.15, 0.2) is 0 Å². The molecule has 2 aliphatic rings. The third kappa shape index (κ3) is 1.43. The van der Waals surface area contributed by atoms with E-state index in [1.165, 1.54) is 32.1 Å². The lowest BCUT2D eigenvalue weighted by Gasteiger charge is -2.37. The zero-order valence-electron chi connectivity index (χ0n) is 7.06. The Kier molecular flexibility index (Phi) is 2.15.